The summed E-state index contributed by atoms with van der Waals surface area (Å²) in [6, 6.07) is 0. The molecule has 5 heteroatoms. The van der Waals surface area contributed by atoms with Crippen LogP contribution in [-0.4, -0.2) is 36.4 Å². The normalized spacial score (nSPS) is 12.8. The van der Waals surface area contributed by atoms with Crippen LogP contribution in [0.2, 0.25) is 0 Å². The third-order valence-corrected chi connectivity index (χ3v) is 12.2. The SMILES string of the molecule is CC/C=C\C/C=C\C/C=C\C/C=C\C/C=C\C/C=C\CCCCCCCCCCCCCCCCCCCCC(=O)OC(CO)COC(=O)CCCCCCC/C=C\CCCCCCCC. The number of aliphatic hydroxyl groups is 1. The number of rotatable bonds is 51. The molecule has 0 aromatic heterocycles. The van der Waals surface area contributed by atoms with Crippen LogP contribution in [0, 0.1) is 0 Å². The molecule has 0 amide bonds. The van der Waals surface area contributed by atoms with Crippen LogP contribution in [0.4, 0.5) is 0 Å². The number of ether oxygens (including phenoxy) is 2. The molecule has 0 aliphatic heterocycles. The van der Waals surface area contributed by atoms with E-state index in [1.54, 1.807) is 0 Å². The minimum Gasteiger partial charge on any atom is -0.462 e. The number of unbranched alkanes of at least 4 members (excludes halogenated alkanes) is 29. The molecule has 0 heterocycles. The van der Waals surface area contributed by atoms with Crippen molar-refractivity contribution in [3.8, 4) is 0 Å². The molecule has 0 bridgehead atoms. The van der Waals surface area contributed by atoms with E-state index in [1.165, 1.54) is 161 Å². The minimum atomic E-state index is -0.776. The van der Waals surface area contributed by atoms with Gasteiger partial charge in [0.2, 0.25) is 0 Å². The van der Waals surface area contributed by atoms with E-state index in [1.807, 2.05) is 0 Å². The van der Waals surface area contributed by atoms with Crippen molar-refractivity contribution in [3.05, 3.63) is 85.1 Å². The Hall–Kier alpha value is -2.92. The van der Waals surface area contributed by atoms with Gasteiger partial charge in [0.05, 0.1) is 6.61 Å². The summed E-state index contributed by atoms with van der Waals surface area (Å²) < 4.78 is 10.7. The Bertz CT molecular complexity index is 1220. The summed E-state index contributed by atoms with van der Waals surface area (Å²) in [5, 5.41) is 9.63. The van der Waals surface area contributed by atoms with Crippen LogP contribution in [0.3, 0.4) is 0 Å². The Balaban J connectivity index is 3.46. The molecule has 5 nitrogen and oxygen atoms in total. The molecule has 0 saturated carbocycles. The van der Waals surface area contributed by atoms with Crippen molar-refractivity contribution >= 4 is 11.9 Å². The van der Waals surface area contributed by atoms with Gasteiger partial charge in [-0.25, -0.2) is 0 Å². The van der Waals surface area contributed by atoms with Crippen molar-refractivity contribution in [3.63, 3.8) is 0 Å². The Morgan fingerprint density at radius 1 is 0.364 bits per heavy atom. The van der Waals surface area contributed by atoms with Gasteiger partial charge < -0.3 is 14.6 Å². The van der Waals surface area contributed by atoms with Crippen molar-refractivity contribution in [1.82, 2.24) is 0 Å². The van der Waals surface area contributed by atoms with E-state index >= 15 is 0 Å². The first-order chi connectivity index (χ1) is 32.6. The highest BCUT2D eigenvalue weighted by atomic mass is 16.6. The molecular weight excluding hydrogens is 813 g/mol. The first-order valence-electron chi connectivity index (χ1n) is 28.1. The average molecular weight is 920 g/mol. The van der Waals surface area contributed by atoms with Gasteiger partial charge in [0.1, 0.15) is 6.61 Å². The smallest absolute Gasteiger partial charge is 0.306 e. The molecule has 0 aromatic rings. The van der Waals surface area contributed by atoms with E-state index in [9.17, 15) is 14.7 Å². The fourth-order valence-electron chi connectivity index (χ4n) is 7.97. The van der Waals surface area contributed by atoms with Crippen molar-refractivity contribution in [2.45, 2.75) is 277 Å². The van der Waals surface area contributed by atoms with Gasteiger partial charge in [-0.15, -0.1) is 0 Å². The molecule has 0 rings (SSSR count). The monoisotopic (exact) mass is 919 g/mol. The molecule has 1 unspecified atom stereocenters. The van der Waals surface area contributed by atoms with E-state index in [0.29, 0.717) is 12.8 Å². The van der Waals surface area contributed by atoms with Gasteiger partial charge in [0.15, 0.2) is 6.10 Å². The number of esters is 2. The summed E-state index contributed by atoms with van der Waals surface area (Å²) in [6.07, 6.45) is 78.5. The fourth-order valence-corrected chi connectivity index (χ4v) is 7.97. The second kappa shape index (κ2) is 56.4. The fraction of sp³-hybridized carbons (Fsp3) is 0.738. The summed E-state index contributed by atoms with van der Waals surface area (Å²) in [6.45, 7) is 4.03. The maximum atomic E-state index is 12.3. The number of hydrogen-bond donors (Lipinski definition) is 1. The van der Waals surface area contributed by atoms with Gasteiger partial charge in [-0.05, 0) is 89.9 Å². The van der Waals surface area contributed by atoms with Gasteiger partial charge in [0.25, 0.3) is 0 Å². The van der Waals surface area contributed by atoms with Crippen LogP contribution in [0.1, 0.15) is 271 Å². The zero-order valence-electron chi connectivity index (χ0n) is 43.4. The molecule has 0 saturated heterocycles. The van der Waals surface area contributed by atoms with Crippen molar-refractivity contribution in [2.75, 3.05) is 13.2 Å². The van der Waals surface area contributed by atoms with E-state index < -0.39 is 6.10 Å². The number of aliphatic hydroxyl groups excluding tert-OH is 1. The molecule has 0 fully saturated rings. The second-order valence-electron chi connectivity index (χ2n) is 18.6. The van der Waals surface area contributed by atoms with E-state index in [0.717, 1.165) is 83.5 Å². The first-order valence-corrected chi connectivity index (χ1v) is 28.1. The maximum absolute atomic E-state index is 12.3. The lowest BCUT2D eigenvalue weighted by atomic mass is 10.0. The highest BCUT2D eigenvalue weighted by molar-refractivity contribution is 5.70. The standard InChI is InChI=1S/C61H106O5/c1-3-5-7-9-11-13-15-17-19-20-21-22-23-24-25-26-27-28-29-30-31-32-33-34-35-36-37-38-39-40-42-44-46-48-50-52-54-56-61(64)66-59(57-62)58-65-60(63)55-53-51-49-47-45-43-41-18-16-14-12-10-8-6-4-2/h5,7,11,13,17-19,21-22,24-25,27-28,41,59,62H,3-4,6,8-10,12,14-16,20,23,26,29-40,42-58H2,1-2H3/b7-5-,13-11-,19-17-,22-21-,25-24-,28-27-,41-18-. The average Bonchev–Trinajstić information content (AvgIpc) is 3.32. The Morgan fingerprint density at radius 3 is 1.00 bits per heavy atom. The number of allylic oxidation sites excluding steroid dienone is 14. The topological polar surface area (TPSA) is 72.8 Å². The van der Waals surface area contributed by atoms with Gasteiger partial charge in [-0.3, -0.25) is 9.59 Å². The predicted octanol–water partition coefficient (Wildman–Crippen LogP) is 19.0. The minimum absolute atomic E-state index is 0.0696. The molecule has 0 aliphatic carbocycles. The largest absolute Gasteiger partial charge is 0.462 e. The third kappa shape index (κ3) is 53.7. The molecule has 0 aliphatic rings. The lowest BCUT2D eigenvalue weighted by Gasteiger charge is -2.15. The zero-order chi connectivity index (χ0) is 47.7. The molecule has 0 radical (unpaired) electrons. The van der Waals surface area contributed by atoms with Crippen LogP contribution in [-0.2, 0) is 19.1 Å². The maximum Gasteiger partial charge on any atom is 0.306 e. The molecule has 0 spiro atoms. The second-order valence-corrected chi connectivity index (χ2v) is 18.6. The lowest BCUT2D eigenvalue weighted by Crippen LogP contribution is -2.28. The lowest BCUT2D eigenvalue weighted by molar-refractivity contribution is -0.161. The van der Waals surface area contributed by atoms with E-state index in [4.69, 9.17) is 9.47 Å². The summed E-state index contributed by atoms with van der Waals surface area (Å²) in [4.78, 5) is 24.4. The van der Waals surface area contributed by atoms with Gasteiger partial charge in [0, 0.05) is 12.8 Å². The van der Waals surface area contributed by atoms with Crippen LogP contribution in [0.5, 0.6) is 0 Å². The summed E-state index contributed by atoms with van der Waals surface area (Å²) >= 11 is 0. The quantitative estimate of drug-likeness (QED) is 0.0374. The van der Waals surface area contributed by atoms with Gasteiger partial charge >= 0.3 is 11.9 Å². The molecule has 380 valence electrons. The molecular formula is C61H106O5. The molecule has 1 N–H and O–H groups in total. The first kappa shape index (κ1) is 63.1. The van der Waals surface area contributed by atoms with E-state index in [-0.39, 0.29) is 25.2 Å². The Kier molecular flexibility index (Phi) is 53.9. The van der Waals surface area contributed by atoms with Crippen molar-refractivity contribution in [2.24, 2.45) is 0 Å². The Morgan fingerprint density at radius 2 is 0.652 bits per heavy atom. The summed E-state index contributed by atoms with van der Waals surface area (Å²) in [5.74, 6) is -0.593. The zero-order valence-corrected chi connectivity index (χ0v) is 43.4. The Labute approximate surface area is 409 Å². The van der Waals surface area contributed by atoms with Crippen molar-refractivity contribution < 1.29 is 24.2 Å². The highest BCUT2D eigenvalue weighted by Gasteiger charge is 2.16. The van der Waals surface area contributed by atoms with Crippen LogP contribution >= 0.6 is 0 Å². The predicted molar refractivity (Wildman–Crippen MR) is 288 cm³/mol. The van der Waals surface area contributed by atoms with Crippen LogP contribution < -0.4 is 0 Å². The number of hydrogen-bond acceptors (Lipinski definition) is 5. The van der Waals surface area contributed by atoms with Crippen LogP contribution in [0.25, 0.3) is 0 Å². The van der Waals surface area contributed by atoms with Gasteiger partial charge in [-0.1, -0.05) is 253 Å². The summed E-state index contributed by atoms with van der Waals surface area (Å²) in [7, 11) is 0. The number of carbonyl (C=O) groups excluding carboxylic acids is 2. The van der Waals surface area contributed by atoms with Crippen LogP contribution in [0.15, 0.2) is 85.1 Å². The van der Waals surface area contributed by atoms with E-state index in [2.05, 4.69) is 98.9 Å². The molecule has 0 aromatic carbocycles. The molecule has 1 atom stereocenters. The molecule has 66 heavy (non-hydrogen) atoms. The third-order valence-electron chi connectivity index (χ3n) is 12.2. The van der Waals surface area contributed by atoms with Gasteiger partial charge in [-0.2, -0.15) is 0 Å². The van der Waals surface area contributed by atoms with Crippen molar-refractivity contribution in [1.29, 1.82) is 0 Å². The summed E-state index contributed by atoms with van der Waals surface area (Å²) in [5.41, 5.74) is 0. The highest BCUT2D eigenvalue weighted by Crippen LogP contribution is 2.16. The number of carbonyl (C=O) groups is 2.